The Morgan fingerprint density at radius 1 is 1.39 bits per heavy atom. The first-order chi connectivity index (χ1) is 8.42. The normalized spacial score (nSPS) is 28.7. The molecule has 0 radical (unpaired) electrons. The Bertz CT molecular complexity index is 463. The molecule has 0 spiro atoms. The van der Waals surface area contributed by atoms with Gasteiger partial charge >= 0.3 is 0 Å². The molecule has 1 aliphatic heterocycles. The Balaban J connectivity index is 2.29. The molecule has 2 rings (SSSR count). The van der Waals surface area contributed by atoms with E-state index in [1.165, 1.54) is 5.56 Å². The van der Waals surface area contributed by atoms with E-state index >= 15 is 0 Å². The summed E-state index contributed by atoms with van der Waals surface area (Å²) >= 11 is 0. The topological polar surface area (TPSA) is 20.1 Å². The Hall–Kier alpha value is -0.930. The predicted octanol–water partition coefficient (Wildman–Crippen LogP) is 3.24. The first kappa shape index (κ1) is 13.5. The smallest absolute Gasteiger partial charge is 0.101 e. The molecule has 1 unspecified atom stereocenters. The van der Waals surface area contributed by atoms with E-state index in [-0.39, 0.29) is 10.3 Å². The zero-order valence-electron chi connectivity index (χ0n) is 11.3. The molecule has 1 aromatic rings. The molecule has 0 amide bonds. The van der Waals surface area contributed by atoms with Gasteiger partial charge in [0.2, 0.25) is 0 Å². The fraction of sp³-hybridized carbons (Fsp3) is 0.467. The quantitative estimate of drug-likeness (QED) is 0.603. The van der Waals surface area contributed by atoms with Gasteiger partial charge in [0, 0.05) is 6.54 Å². The highest BCUT2D eigenvalue weighted by Crippen LogP contribution is 2.48. The minimum atomic E-state index is -0.964. The summed E-state index contributed by atoms with van der Waals surface area (Å²) < 4.78 is 14.4. The average molecular weight is 263 g/mol. The van der Waals surface area contributed by atoms with Crippen LogP contribution in [0, 0.1) is 0 Å². The van der Waals surface area contributed by atoms with Gasteiger partial charge < -0.3 is 0 Å². The second-order valence-corrected chi connectivity index (χ2v) is 7.95. The van der Waals surface area contributed by atoms with Gasteiger partial charge in [0.05, 0.1) is 10.3 Å². The molecule has 0 N–H and O–H groups in total. The van der Waals surface area contributed by atoms with Crippen LogP contribution in [0.4, 0.5) is 0 Å². The van der Waals surface area contributed by atoms with Crippen molar-refractivity contribution in [3.8, 4) is 0 Å². The van der Waals surface area contributed by atoms with E-state index in [0.29, 0.717) is 0 Å². The van der Waals surface area contributed by atoms with Crippen LogP contribution in [0.15, 0.2) is 43.0 Å². The molecule has 0 aliphatic carbocycles. The molecule has 3 heteroatoms. The molecule has 1 aliphatic rings. The Labute approximate surface area is 112 Å². The molecule has 0 bridgehead atoms. The minimum Gasteiger partial charge on any atom is -0.242 e. The second-order valence-electron chi connectivity index (χ2n) is 5.79. The molecule has 3 atom stereocenters. The molecular weight excluding hydrogens is 242 g/mol. The van der Waals surface area contributed by atoms with Gasteiger partial charge in [-0.05, 0) is 32.8 Å². The van der Waals surface area contributed by atoms with Crippen LogP contribution in [0.1, 0.15) is 32.8 Å². The lowest BCUT2D eigenvalue weighted by atomic mass is 9.96. The molecule has 0 aromatic heterocycles. The second kappa shape index (κ2) is 4.63. The molecule has 1 heterocycles. The lowest BCUT2D eigenvalue weighted by molar-refractivity contribution is 0.539. The summed E-state index contributed by atoms with van der Waals surface area (Å²) in [6, 6.07) is 10.3. The lowest BCUT2D eigenvalue weighted by Crippen LogP contribution is -2.30. The fourth-order valence-corrected chi connectivity index (χ4v) is 3.75. The minimum absolute atomic E-state index is 0.0961. The summed E-state index contributed by atoms with van der Waals surface area (Å²) in [5.41, 5.74) is 1.14. The maximum atomic E-state index is 12.5. The Kier molecular flexibility index (Phi) is 3.47. The van der Waals surface area contributed by atoms with E-state index in [9.17, 15) is 4.21 Å². The van der Waals surface area contributed by atoms with E-state index < -0.39 is 11.0 Å². The number of benzene rings is 1. The van der Waals surface area contributed by atoms with Crippen molar-refractivity contribution in [3.05, 3.63) is 48.6 Å². The summed E-state index contributed by atoms with van der Waals surface area (Å²) in [4.78, 5) is 0. The summed E-state index contributed by atoms with van der Waals surface area (Å²) in [5.74, 6) is 0. The molecule has 1 aromatic carbocycles. The molecule has 1 saturated heterocycles. The summed E-state index contributed by atoms with van der Waals surface area (Å²) in [6.07, 6.45) is 2.77. The number of nitrogens with zero attached hydrogens (tertiary/aromatic N) is 1. The van der Waals surface area contributed by atoms with E-state index in [0.717, 1.165) is 13.0 Å². The van der Waals surface area contributed by atoms with E-state index in [2.05, 4.69) is 23.0 Å². The van der Waals surface area contributed by atoms with Crippen molar-refractivity contribution in [2.75, 3.05) is 6.54 Å². The Morgan fingerprint density at radius 3 is 2.50 bits per heavy atom. The first-order valence-corrected chi connectivity index (χ1v) is 7.38. The lowest BCUT2D eigenvalue weighted by Gasteiger charge is -2.23. The van der Waals surface area contributed by atoms with Crippen molar-refractivity contribution in [3.63, 3.8) is 0 Å². The summed E-state index contributed by atoms with van der Waals surface area (Å²) in [6.45, 7) is 10.8. The van der Waals surface area contributed by atoms with E-state index in [4.69, 9.17) is 0 Å². The standard InChI is InChI=1S/C15H21NOS/c1-5-11-15(13-9-7-6-8-10-13)12-16(15)18(17)14(2,3)4/h5-10H,1,11-12H2,2-4H3/t15-,16?,18-/m1/s1. The van der Waals surface area contributed by atoms with E-state index in [1.54, 1.807) is 0 Å². The first-order valence-electron chi connectivity index (χ1n) is 6.28. The van der Waals surface area contributed by atoms with Gasteiger partial charge in [0.25, 0.3) is 0 Å². The van der Waals surface area contributed by atoms with Crippen molar-refractivity contribution in [1.29, 1.82) is 0 Å². The van der Waals surface area contributed by atoms with Gasteiger partial charge in [0.1, 0.15) is 11.0 Å². The summed E-state index contributed by atoms with van der Waals surface area (Å²) in [7, 11) is -0.964. The highest BCUT2D eigenvalue weighted by atomic mass is 32.2. The van der Waals surface area contributed by atoms with Crippen LogP contribution in [-0.2, 0) is 16.5 Å². The van der Waals surface area contributed by atoms with Crippen molar-refractivity contribution >= 4 is 11.0 Å². The van der Waals surface area contributed by atoms with Crippen molar-refractivity contribution in [2.45, 2.75) is 37.5 Å². The van der Waals surface area contributed by atoms with Crippen molar-refractivity contribution < 1.29 is 4.21 Å². The average Bonchev–Trinajstić information content (AvgIpc) is 3.04. The van der Waals surface area contributed by atoms with Gasteiger partial charge in [-0.15, -0.1) is 6.58 Å². The summed E-state index contributed by atoms with van der Waals surface area (Å²) in [5, 5.41) is 0. The molecule has 18 heavy (non-hydrogen) atoms. The SMILES string of the molecule is C=CC[C@]1(c2ccccc2)CN1[S@](=O)C(C)(C)C. The van der Waals surface area contributed by atoms with Crippen LogP contribution < -0.4 is 0 Å². The molecule has 2 nitrogen and oxygen atoms in total. The van der Waals surface area contributed by atoms with Crippen LogP contribution in [0.2, 0.25) is 0 Å². The van der Waals surface area contributed by atoms with Crippen LogP contribution in [0.5, 0.6) is 0 Å². The monoisotopic (exact) mass is 263 g/mol. The Morgan fingerprint density at radius 2 is 2.00 bits per heavy atom. The molecule has 98 valence electrons. The van der Waals surface area contributed by atoms with Gasteiger partial charge in [-0.1, -0.05) is 36.4 Å². The number of hydrogen-bond donors (Lipinski definition) is 0. The molecule has 1 fully saturated rings. The third-order valence-electron chi connectivity index (χ3n) is 3.30. The third-order valence-corrected chi connectivity index (χ3v) is 5.22. The highest BCUT2D eigenvalue weighted by Gasteiger charge is 2.57. The van der Waals surface area contributed by atoms with Crippen molar-refractivity contribution in [2.24, 2.45) is 0 Å². The van der Waals surface area contributed by atoms with Gasteiger partial charge in [-0.3, -0.25) is 0 Å². The largest absolute Gasteiger partial charge is 0.242 e. The predicted molar refractivity (Wildman–Crippen MR) is 77.5 cm³/mol. The highest BCUT2D eigenvalue weighted by molar-refractivity contribution is 7.84. The van der Waals surface area contributed by atoms with Gasteiger partial charge in [-0.25, -0.2) is 8.51 Å². The van der Waals surface area contributed by atoms with Crippen LogP contribution in [-0.4, -0.2) is 19.8 Å². The zero-order chi connectivity index (χ0) is 13.4. The molecular formula is C15H21NOS. The fourth-order valence-electron chi connectivity index (χ4n) is 2.26. The van der Waals surface area contributed by atoms with Crippen molar-refractivity contribution in [1.82, 2.24) is 4.31 Å². The molecule has 0 saturated carbocycles. The third kappa shape index (κ3) is 2.29. The maximum absolute atomic E-state index is 12.5. The van der Waals surface area contributed by atoms with Crippen LogP contribution in [0.3, 0.4) is 0 Å². The van der Waals surface area contributed by atoms with Crippen LogP contribution >= 0.6 is 0 Å². The van der Waals surface area contributed by atoms with Gasteiger partial charge in [-0.2, -0.15) is 0 Å². The maximum Gasteiger partial charge on any atom is 0.101 e. The van der Waals surface area contributed by atoms with Gasteiger partial charge in [0.15, 0.2) is 0 Å². The number of rotatable bonds is 4. The number of hydrogen-bond acceptors (Lipinski definition) is 1. The van der Waals surface area contributed by atoms with E-state index in [1.807, 2.05) is 45.0 Å². The van der Waals surface area contributed by atoms with Crippen LogP contribution in [0.25, 0.3) is 0 Å². The zero-order valence-corrected chi connectivity index (χ0v) is 12.2.